The molecule has 0 bridgehead atoms. The predicted octanol–water partition coefficient (Wildman–Crippen LogP) is 1.58. The summed E-state index contributed by atoms with van der Waals surface area (Å²) in [6.45, 7) is 0. The number of esters is 1. The van der Waals surface area contributed by atoms with Gasteiger partial charge in [0.05, 0.1) is 13.4 Å². The summed E-state index contributed by atoms with van der Waals surface area (Å²) in [4.78, 5) is 11.1. The van der Waals surface area contributed by atoms with Crippen LogP contribution in [0, 0.1) is 0 Å². The second kappa shape index (κ2) is 3.59. The Hall–Kier alpha value is -1.69. The van der Waals surface area contributed by atoms with Crippen LogP contribution in [0.2, 0.25) is 0 Å². The summed E-state index contributed by atoms with van der Waals surface area (Å²) in [6, 6.07) is 3.50. The van der Waals surface area contributed by atoms with E-state index in [0.29, 0.717) is 10.8 Å². The van der Waals surface area contributed by atoms with Crippen LogP contribution in [0.4, 0.5) is 0 Å². The number of furan rings is 1. The standard InChI is InChI=1S/C8H6N2O3S/c1-12-8(11)7-10-9-6(14-7)5-3-2-4-13-5/h2-4H,1H3. The van der Waals surface area contributed by atoms with Crippen molar-refractivity contribution in [2.24, 2.45) is 0 Å². The molecule has 0 aliphatic rings. The second-order valence-corrected chi connectivity index (χ2v) is 3.36. The molecule has 0 saturated carbocycles. The van der Waals surface area contributed by atoms with Gasteiger partial charge in [-0.3, -0.25) is 0 Å². The molecule has 5 nitrogen and oxygen atoms in total. The summed E-state index contributed by atoms with van der Waals surface area (Å²) in [5, 5.41) is 8.26. The third-order valence-corrected chi connectivity index (χ3v) is 2.43. The quantitative estimate of drug-likeness (QED) is 0.704. The van der Waals surface area contributed by atoms with Gasteiger partial charge in [0.1, 0.15) is 0 Å². The van der Waals surface area contributed by atoms with E-state index >= 15 is 0 Å². The molecular formula is C8H6N2O3S. The predicted molar refractivity (Wildman–Crippen MR) is 49.0 cm³/mol. The molecule has 0 radical (unpaired) electrons. The fraction of sp³-hybridized carbons (Fsp3) is 0.125. The van der Waals surface area contributed by atoms with Gasteiger partial charge < -0.3 is 9.15 Å². The maximum absolute atomic E-state index is 11.1. The summed E-state index contributed by atoms with van der Waals surface area (Å²) >= 11 is 1.13. The fourth-order valence-corrected chi connectivity index (χ4v) is 1.62. The van der Waals surface area contributed by atoms with Crippen molar-refractivity contribution in [3.05, 3.63) is 23.4 Å². The van der Waals surface area contributed by atoms with Gasteiger partial charge in [0.15, 0.2) is 10.8 Å². The number of rotatable bonds is 2. The van der Waals surface area contributed by atoms with Crippen LogP contribution in [-0.2, 0) is 4.74 Å². The summed E-state index contributed by atoms with van der Waals surface area (Å²) < 4.78 is 9.61. The van der Waals surface area contributed by atoms with Crippen LogP contribution < -0.4 is 0 Å². The number of hydrogen-bond donors (Lipinski definition) is 0. The minimum atomic E-state index is -0.486. The number of hydrogen-bond acceptors (Lipinski definition) is 6. The third kappa shape index (κ3) is 1.51. The van der Waals surface area contributed by atoms with Crippen LogP contribution in [-0.4, -0.2) is 23.3 Å². The van der Waals surface area contributed by atoms with Crippen LogP contribution in [0.3, 0.4) is 0 Å². The monoisotopic (exact) mass is 210 g/mol. The van der Waals surface area contributed by atoms with Gasteiger partial charge in [0, 0.05) is 0 Å². The van der Waals surface area contributed by atoms with E-state index in [0.717, 1.165) is 11.3 Å². The summed E-state index contributed by atoms with van der Waals surface area (Å²) in [5.41, 5.74) is 0. The van der Waals surface area contributed by atoms with Crippen LogP contribution >= 0.6 is 11.3 Å². The van der Waals surface area contributed by atoms with E-state index in [1.165, 1.54) is 13.4 Å². The van der Waals surface area contributed by atoms with Crippen LogP contribution in [0.25, 0.3) is 10.8 Å². The molecule has 72 valence electrons. The molecule has 0 amide bonds. The molecule has 0 fully saturated rings. The highest BCUT2D eigenvalue weighted by Crippen LogP contribution is 2.23. The summed E-state index contributed by atoms with van der Waals surface area (Å²) in [7, 11) is 1.30. The van der Waals surface area contributed by atoms with E-state index in [4.69, 9.17) is 4.42 Å². The first kappa shape index (κ1) is 8.89. The minimum Gasteiger partial charge on any atom is -0.464 e. The van der Waals surface area contributed by atoms with Gasteiger partial charge in [0.2, 0.25) is 5.01 Å². The van der Waals surface area contributed by atoms with Crippen molar-refractivity contribution in [1.29, 1.82) is 0 Å². The van der Waals surface area contributed by atoms with E-state index in [-0.39, 0.29) is 5.01 Å². The molecule has 0 aliphatic heterocycles. The van der Waals surface area contributed by atoms with Gasteiger partial charge in [-0.15, -0.1) is 10.2 Å². The first-order chi connectivity index (χ1) is 6.81. The lowest BCUT2D eigenvalue weighted by atomic mass is 10.5. The van der Waals surface area contributed by atoms with Crippen molar-refractivity contribution in [3.8, 4) is 10.8 Å². The highest BCUT2D eigenvalue weighted by atomic mass is 32.1. The van der Waals surface area contributed by atoms with E-state index in [1.807, 2.05) is 0 Å². The molecule has 2 rings (SSSR count). The zero-order valence-electron chi connectivity index (χ0n) is 7.26. The molecule has 2 heterocycles. The Morgan fingerprint density at radius 1 is 1.57 bits per heavy atom. The van der Waals surface area contributed by atoms with E-state index in [1.54, 1.807) is 12.1 Å². The van der Waals surface area contributed by atoms with Crippen molar-refractivity contribution >= 4 is 17.3 Å². The Bertz CT molecular complexity index is 435. The molecule has 0 spiro atoms. The highest BCUT2D eigenvalue weighted by molar-refractivity contribution is 7.16. The average Bonchev–Trinajstić information content (AvgIpc) is 2.86. The van der Waals surface area contributed by atoms with Crippen molar-refractivity contribution < 1.29 is 13.9 Å². The molecule has 0 aromatic carbocycles. The van der Waals surface area contributed by atoms with Crippen LogP contribution in [0.15, 0.2) is 22.8 Å². The SMILES string of the molecule is COC(=O)c1nnc(-c2ccco2)s1. The van der Waals surface area contributed by atoms with E-state index in [9.17, 15) is 4.79 Å². The zero-order valence-corrected chi connectivity index (χ0v) is 8.08. The fourth-order valence-electron chi connectivity index (χ4n) is 0.893. The lowest BCUT2D eigenvalue weighted by Crippen LogP contribution is -1.99. The molecule has 0 unspecified atom stereocenters. The molecular weight excluding hydrogens is 204 g/mol. The smallest absolute Gasteiger partial charge is 0.369 e. The molecule has 14 heavy (non-hydrogen) atoms. The first-order valence-corrected chi connectivity index (χ1v) is 4.58. The van der Waals surface area contributed by atoms with Gasteiger partial charge in [-0.1, -0.05) is 11.3 Å². The van der Waals surface area contributed by atoms with Crippen molar-refractivity contribution in [2.45, 2.75) is 0 Å². The lowest BCUT2D eigenvalue weighted by Gasteiger charge is -1.88. The molecule has 6 heteroatoms. The molecule has 0 atom stereocenters. The summed E-state index contributed by atoms with van der Waals surface area (Å²) in [5.74, 6) is 0.109. The third-order valence-electron chi connectivity index (χ3n) is 1.52. The number of carbonyl (C=O) groups excluding carboxylic acids is 1. The second-order valence-electron chi connectivity index (χ2n) is 2.38. The largest absolute Gasteiger partial charge is 0.464 e. The number of methoxy groups -OCH3 is 1. The average molecular weight is 210 g/mol. The number of carbonyl (C=O) groups is 1. The van der Waals surface area contributed by atoms with Gasteiger partial charge in [-0.2, -0.15) is 0 Å². The zero-order chi connectivity index (χ0) is 9.97. The maximum Gasteiger partial charge on any atom is 0.369 e. The van der Waals surface area contributed by atoms with Crippen molar-refractivity contribution in [1.82, 2.24) is 10.2 Å². The molecule has 0 aliphatic carbocycles. The molecule has 0 N–H and O–H groups in total. The Balaban J connectivity index is 2.31. The van der Waals surface area contributed by atoms with Crippen LogP contribution in [0.5, 0.6) is 0 Å². The maximum atomic E-state index is 11.1. The Morgan fingerprint density at radius 2 is 2.43 bits per heavy atom. The molecule has 2 aromatic rings. The van der Waals surface area contributed by atoms with Gasteiger partial charge in [0.25, 0.3) is 0 Å². The Labute approximate surface area is 83.3 Å². The van der Waals surface area contributed by atoms with Gasteiger partial charge in [-0.25, -0.2) is 4.79 Å². The number of nitrogens with zero attached hydrogens (tertiary/aromatic N) is 2. The minimum absolute atomic E-state index is 0.221. The number of aromatic nitrogens is 2. The van der Waals surface area contributed by atoms with Crippen molar-refractivity contribution in [2.75, 3.05) is 7.11 Å². The summed E-state index contributed by atoms with van der Waals surface area (Å²) in [6.07, 6.45) is 1.54. The van der Waals surface area contributed by atoms with Gasteiger partial charge >= 0.3 is 5.97 Å². The van der Waals surface area contributed by atoms with Crippen LogP contribution in [0.1, 0.15) is 9.80 Å². The topological polar surface area (TPSA) is 65.2 Å². The Morgan fingerprint density at radius 3 is 3.07 bits per heavy atom. The van der Waals surface area contributed by atoms with E-state index in [2.05, 4.69) is 14.9 Å². The van der Waals surface area contributed by atoms with E-state index < -0.39 is 5.97 Å². The molecule has 0 saturated heterocycles. The molecule has 2 aromatic heterocycles. The normalized spacial score (nSPS) is 10.1. The lowest BCUT2D eigenvalue weighted by molar-refractivity contribution is 0.0599. The Kier molecular flexibility index (Phi) is 2.28. The van der Waals surface area contributed by atoms with Crippen molar-refractivity contribution in [3.63, 3.8) is 0 Å². The highest BCUT2D eigenvalue weighted by Gasteiger charge is 2.14. The van der Waals surface area contributed by atoms with Gasteiger partial charge in [-0.05, 0) is 12.1 Å². The first-order valence-electron chi connectivity index (χ1n) is 3.77. The number of ether oxygens (including phenoxy) is 1.